The highest BCUT2D eigenvalue weighted by atomic mass is 32.2. The van der Waals surface area contributed by atoms with Crippen LogP contribution in [-0.4, -0.2) is 41.9 Å². The van der Waals surface area contributed by atoms with Crippen LogP contribution in [-0.2, 0) is 10.0 Å². The molecule has 1 heterocycles. The zero-order chi connectivity index (χ0) is 15.8. The zero-order valence-electron chi connectivity index (χ0n) is 11.9. The fourth-order valence-corrected chi connectivity index (χ4v) is 4.32. The number of aliphatic hydroxyl groups excluding tert-OH is 1. The normalized spacial score (nSPS) is 24.0. The summed E-state index contributed by atoms with van der Waals surface area (Å²) in [4.78, 5) is 10.1. The van der Waals surface area contributed by atoms with E-state index in [4.69, 9.17) is 0 Å². The number of rotatable bonds is 3. The summed E-state index contributed by atoms with van der Waals surface area (Å²) in [5.74, 6) is 0.0170. The van der Waals surface area contributed by atoms with Gasteiger partial charge in [-0.1, -0.05) is 19.1 Å². The minimum atomic E-state index is -3.99. The Balaban J connectivity index is 2.48. The number of piperidine rings is 1. The summed E-state index contributed by atoms with van der Waals surface area (Å²) in [7, 11) is -3.99. The standard InChI is InChI=1S/C13H18N2O5S/c1-9-6-7-14(8-12(9)16)21(19,20)13-10(2)4-3-5-11(13)15(17)18/h3-5,9,12,16H,6-8H2,1-2H3. The lowest BCUT2D eigenvalue weighted by atomic mass is 9.98. The molecule has 2 atom stereocenters. The number of aliphatic hydroxyl groups is 1. The van der Waals surface area contributed by atoms with Crippen LogP contribution in [0.2, 0.25) is 0 Å². The van der Waals surface area contributed by atoms with Crippen molar-refractivity contribution in [3.05, 3.63) is 33.9 Å². The van der Waals surface area contributed by atoms with Gasteiger partial charge in [0.15, 0.2) is 4.90 Å². The lowest BCUT2D eigenvalue weighted by Gasteiger charge is -2.33. The number of hydrogen-bond acceptors (Lipinski definition) is 5. The average Bonchev–Trinajstić information content (AvgIpc) is 2.41. The van der Waals surface area contributed by atoms with Crippen molar-refractivity contribution in [3.8, 4) is 0 Å². The van der Waals surface area contributed by atoms with Gasteiger partial charge in [-0.25, -0.2) is 8.42 Å². The second kappa shape index (κ2) is 5.70. The topological polar surface area (TPSA) is 101 Å². The molecule has 116 valence electrons. The first-order valence-corrected chi connectivity index (χ1v) is 8.11. The molecule has 1 fully saturated rings. The van der Waals surface area contributed by atoms with Gasteiger partial charge in [-0.15, -0.1) is 0 Å². The summed E-state index contributed by atoms with van der Waals surface area (Å²) in [5, 5.41) is 21.0. The maximum atomic E-state index is 12.7. The third-order valence-electron chi connectivity index (χ3n) is 3.87. The van der Waals surface area contributed by atoms with Crippen LogP contribution < -0.4 is 0 Å². The molecule has 0 aliphatic carbocycles. The fraction of sp³-hybridized carbons (Fsp3) is 0.538. The number of aryl methyl sites for hydroxylation is 1. The van der Waals surface area contributed by atoms with Crippen LogP contribution in [0, 0.1) is 23.0 Å². The molecular formula is C13H18N2O5S. The summed E-state index contributed by atoms with van der Waals surface area (Å²) in [6.45, 7) is 3.61. The number of sulfonamides is 1. The Labute approximate surface area is 123 Å². The van der Waals surface area contributed by atoms with Gasteiger partial charge in [0.2, 0.25) is 10.0 Å². The Hall–Kier alpha value is -1.51. The summed E-state index contributed by atoms with van der Waals surface area (Å²) < 4.78 is 26.5. The van der Waals surface area contributed by atoms with Crippen molar-refractivity contribution < 1.29 is 18.4 Å². The third kappa shape index (κ3) is 2.92. The molecule has 2 unspecified atom stereocenters. The van der Waals surface area contributed by atoms with E-state index in [2.05, 4.69) is 0 Å². The van der Waals surface area contributed by atoms with Crippen molar-refractivity contribution in [2.45, 2.75) is 31.3 Å². The van der Waals surface area contributed by atoms with Gasteiger partial charge in [0.05, 0.1) is 11.0 Å². The van der Waals surface area contributed by atoms with Crippen LogP contribution in [0.1, 0.15) is 18.9 Å². The van der Waals surface area contributed by atoms with Gasteiger partial charge < -0.3 is 5.11 Å². The van der Waals surface area contributed by atoms with Crippen LogP contribution in [0.5, 0.6) is 0 Å². The first kappa shape index (κ1) is 15.9. The lowest BCUT2D eigenvalue weighted by Crippen LogP contribution is -2.46. The number of benzene rings is 1. The minimum Gasteiger partial charge on any atom is -0.391 e. The molecule has 1 aromatic rings. The molecule has 1 aliphatic rings. The number of nitrogens with zero attached hydrogens (tertiary/aromatic N) is 2. The summed E-state index contributed by atoms with van der Waals surface area (Å²) in [6.07, 6.45) is -0.225. The molecule has 0 aromatic heterocycles. The van der Waals surface area contributed by atoms with Crippen LogP contribution in [0.3, 0.4) is 0 Å². The van der Waals surface area contributed by atoms with E-state index in [1.165, 1.54) is 25.1 Å². The SMILES string of the molecule is Cc1cccc([N+](=O)[O-])c1S(=O)(=O)N1CCC(C)C(O)C1. The monoisotopic (exact) mass is 314 g/mol. The maximum absolute atomic E-state index is 12.7. The molecule has 1 aromatic carbocycles. The van der Waals surface area contributed by atoms with Crippen molar-refractivity contribution >= 4 is 15.7 Å². The van der Waals surface area contributed by atoms with Gasteiger partial charge in [0, 0.05) is 19.2 Å². The maximum Gasteiger partial charge on any atom is 0.289 e. The second-order valence-corrected chi connectivity index (χ2v) is 7.25. The highest BCUT2D eigenvalue weighted by Gasteiger charge is 2.37. The van der Waals surface area contributed by atoms with Gasteiger partial charge in [-0.2, -0.15) is 4.31 Å². The molecule has 0 radical (unpaired) electrons. The number of nitro benzene ring substituents is 1. The summed E-state index contributed by atoms with van der Waals surface area (Å²) >= 11 is 0. The molecule has 0 bridgehead atoms. The number of β-amino-alcohol motifs (C(OH)–C–C–N with tert-alkyl or cyclic N) is 1. The van der Waals surface area contributed by atoms with Gasteiger partial charge in [0.1, 0.15) is 0 Å². The van der Waals surface area contributed by atoms with Crippen molar-refractivity contribution in [2.24, 2.45) is 5.92 Å². The molecule has 21 heavy (non-hydrogen) atoms. The Bertz CT molecular complexity index is 659. The highest BCUT2D eigenvalue weighted by molar-refractivity contribution is 7.89. The quantitative estimate of drug-likeness (QED) is 0.669. The summed E-state index contributed by atoms with van der Waals surface area (Å²) in [5.41, 5.74) is -0.0968. The van der Waals surface area contributed by atoms with E-state index in [0.29, 0.717) is 12.0 Å². The average molecular weight is 314 g/mol. The van der Waals surface area contributed by atoms with E-state index in [0.717, 1.165) is 4.31 Å². The number of hydrogen-bond donors (Lipinski definition) is 1. The summed E-state index contributed by atoms with van der Waals surface area (Å²) in [6, 6.07) is 4.17. The minimum absolute atomic E-state index is 0.0170. The molecule has 7 nitrogen and oxygen atoms in total. The first-order chi connectivity index (χ1) is 9.75. The van der Waals surface area contributed by atoms with E-state index >= 15 is 0 Å². The van der Waals surface area contributed by atoms with Gasteiger partial charge >= 0.3 is 0 Å². The van der Waals surface area contributed by atoms with Gasteiger partial charge in [-0.05, 0) is 24.8 Å². The molecule has 1 N–H and O–H groups in total. The molecule has 0 amide bonds. The van der Waals surface area contributed by atoms with Crippen LogP contribution in [0.15, 0.2) is 23.1 Å². The second-order valence-electron chi connectivity index (χ2n) is 5.38. The predicted octanol–water partition coefficient (Wildman–Crippen LogP) is 1.29. The van der Waals surface area contributed by atoms with E-state index in [1.807, 2.05) is 6.92 Å². The van der Waals surface area contributed by atoms with E-state index in [-0.39, 0.29) is 23.9 Å². The Morgan fingerprint density at radius 2 is 2.10 bits per heavy atom. The Morgan fingerprint density at radius 1 is 1.43 bits per heavy atom. The van der Waals surface area contributed by atoms with Crippen LogP contribution >= 0.6 is 0 Å². The molecule has 8 heteroatoms. The fourth-order valence-electron chi connectivity index (χ4n) is 2.48. The molecule has 1 aliphatic heterocycles. The van der Waals surface area contributed by atoms with E-state index in [9.17, 15) is 23.6 Å². The van der Waals surface area contributed by atoms with Gasteiger partial charge in [-0.3, -0.25) is 10.1 Å². The third-order valence-corrected chi connectivity index (χ3v) is 5.93. The van der Waals surface area contributed by atoms with E-state index in [1.54, 1.807) is 0 Å². The Kier molecular flexibility index (Phi) is 4.31. The van der Waals surface area contributed by atoms with Crippen molar-refractivity contribution in [2.75, 3.05) is 13.1 Å². The first-order valence-electron chi connectivity index (χ1n) is 6.67. The lowest BCUT2D eigenvalue weighted by molar-refractivity contribution is -0.387. The van der Waals surface area contributed by atoms with Crippen molar-refractivity contribution in [1.82, 2.24) is 4.31 Å². The largest absolute Gasteiger partial charge is 0.391 e. The van der Waals surface area contributed by atoms with E-state index < -0.39 is 26.7 Å². The van der Waals surface area contributed by atoms with Crippen LogP contribution in [0.25, 0.3) is 0 Å². The number of nitro groups is 1. The molecule has 1 saturated heterocycles. The molecule has 0 spiro atoms. The molecular weight excluding hydrogens is 296 g/mol. The Morgan fingerprint density at radius 3 is 2.67 bits per heavy atom. The van der Waals surface area contributed by atoms with Crippen LogP contribution in [0.4, 0.5) is 5.69 Å². The molecule has 0 saturated carbocycles. The zero-order valence-corrected chi connectivity index (χ0v) is 12.7. The predicted molar refractivity (Wildman–Crippen MR) is 76.4 cm³/mol. The molecule has 2 rings (SSSR count). The van der Waals surface area contributed by atoms with Gasteiger partial charge in [0.25, 0.3) is 5.69 Å². The van der Waals surface area contributed by atoms with Crippen molar-refractivity contribution in [3.63, 3.8) is 0 Å². The van der Waals surface area contributed by atoms with Crippen molar-refractivity contribution in [1.29, 1.82) is 0 Å². The highest BCUT2D eigenvalue weighted by Crippen LogP contribution is 2.31. The smallest absolute Gasteiger partial charge is 0.289 e.